The normalized spacial score (nSPS) is 10.8. The Kier molecular flexibility index (Phi) is 5.08. The molecule has 0 spiro atoms. The van der Waals surface area contributed by atoms with Gasteiger partial charge in [0.25, 0.3) is 0 Å². The quantitative estimate of drug-likeness (QED) is 0.477. The third kappa shape index (κ3) is 4.14. The second-order valence-electron chi connectivity index (χ2n) is 3.49. The summed E-state index contributed by atoms with van der Waals surface area (Å²) in [6, 6.07) is 6.59. The number of nitriles is 1. The van der Waals surface area contributed by atoms with Crippen molar-refractivity contribution in [1.82, 2.24) is 4.90 Å². The number of rotatable bonds is 4. The summed E-state index contributed by atoms with van der Waals surface area (Å²) in [6.45, 7) is 0. The smallest absolute Gasteiger partial charge is 0.201 e. The molecule has 0 fully saturated rings. The van der Waals surface area contributed by atoms with Crippen LogP contribution in [0.4, 0.5) is 0 Å². The summed E-state index contributed by atoms with van der Waals surface area (Å²) in [7, 11) is 3.60. The topological polar surface area (TPSA) is 44.1 Å². The number of halogens is 1. The van der Waals surface area contributed by atoms with E-state index in [2.05, 4.69) is 0 Å². The maximum Gasteiger partial charge on any atom is 0.201 e. The molecule has 0 N–H and O–H groups in total. The highest BCUT2D eigenvalue weighted by atomic mass is 35.5. The van der Waals surface area contributed by atoms with E-state index in [-0.39, 0.29) is 5.78 Å². The molecule has 3 nitrogen and oxygen atoms in total. The molecule has 17 heavy (non-hydrogen) atoms. The molecule has 1 aromatic rings. The summed E-state index contributed by atoms with van der Waals surface area (Å²) in [5.74, 6) is -0.179. The third-order valence-corrected chi connectivity index (χ3v) is 2.72. The molecule has 0 amide bonds. The van der Waals surface area contributed by atoms with Crippen LogP contribution < -0.4 is 0 Å². The first-order valence-electron chi connectivity index (χ1n) is 4.79. The number of Topliss-reactive ketones (excluding diaryl/α,β-unsaturated/α-hetero) is 1. The minimum Gasteiger partial charge on any atom is -0.382 e. The molecule has 1 aromatic carbocycles. The van der Waals surface area contributed by atoms with Crippen LogP contribution in [0.5, 0.6) is 0 Å². The van der Waals surface area contributed by atoms with Gasteiger partial charge in [0.1, 0.15) is 5.40 Å². The molecule has 0 aromatic heterocycles. The fourth-order valence-electron chi connectivity index (χ4n) is 1.16. The van der Waals surface area contributed by atoms with Gasteiger partial charge in [0.2, 0.25) is 5.78 Å². The molecule has 0 bridgehead atoms. The van der Waals surface area contributed by atoms with E-state index in [1.807, 2.05) is 5.40 Å². The number of carbonyl (C=O) groups is 1. The standard InChI is InChI=1S/C12H11ClN2OS/c1-15(2)7-11(17-8-14)12(16)9-3-5-10(13)6-4-9/h3-7H,1-2H3/b11-7-. The van der Waals surface area contributed by atoms with Crippen molar-refractivity contribution in [3.8, 4) is 5.40 Å². The average molecular weight is 267 g/mol. The fraction of sp³-hybridized carbons (Fsp3) is 0.167. The number of hydrogen-bond acceptors (Lipinski definition) is 4. The van der Waals surface area contributed by atoms with Crippen molar-refractivity contribution in [3.63, 3.8) is 0 Å². The van der Waals surface area contributed by atoms with Crippen LogP contribution in [0.1, 0.15) is 10.4 Å². The van der Waals surface area contributed by atoms with E-state index >= 15 is 0 Å². The van der Waals surface area contributed by atoms with Crippen LogP contribution in [0.3, 0.4) is 0 Å². The van der Waals surface area contributed by atoms with E-state index in [1.165, 1.54) is 0 Å². The molecular formula is C12H11ClN2OS. The van der Waals surface area contributed by atoms with Crippen LogP contribution >= 0.6 is 23.4 Å². The second-order valence-corrected chi connectivity index (χ2v) is 4.75. The van der Waals surface area contributed by atoms with Gasteiger partial charge >= 0.3 is 0 Å². The van der Waals surface area contributed by atoms with Crippen molar-refractivity contribution < 1.29 is 4.79 Å². The molecule has 0 heterocycles. The summed E-state index contributed by atoms with van der Waals surface area (Å²) in [5.41, 5.74) is 0.519. The Morgan fingerprint density at radius 2 is 2.00 bits per heavy atom. The van der Waals surface area contributed by atoms with Gasteiger partial charge in [-0.15, -0.1) is 0 Å². The predicted molar refractivity (Wildman–Crippen MR) is 70.8 cm³/mol. The zero-order valence-corrected chi connectivity index (χ0v) is 11.0. The van der Waals surface area contributed by atoms with E-state index in [1.54, 1.807) is 49.5 Å². The number of thioether (sulfide) groups is 1. The average Bonchev–Trinajstić information content (AvgIpc) is 2.28. The van der Waals surface area contributed by atoms with E-state index < -0.39 is 0 Å². The Morgan fingerprint density at radius 1 is 1.41 bits per heavy atom. The number of allylic oxidation sites excluding steroid dienone is 1. The van der Waals surface area contributed by atoms with Crippen LogP contribution in [0.2, 0.25) is 5.02 Å². The number of carbonyl (C=O) groups excluding carboxylic acids is 1. The molecule has 0 aliphatic rings. The zero-order chi connectivity index (χ0) is 12.8. The first-order valence-corrected chi connectivity index (χ1v) is 5.98. The minimum absolute atomic E-state index is 0.179. The Morgan fingerprint density at radius 3 is 2.47 bits per heavy atom. The van der Waals surface area contributed by atoms with Gasteiger partial charge in [0, 0.05) is 30.9 Å². The summed E-state index contributed by atoms with van der Waals surface area (Å²) in [5, 5.41) is 11.2. The number of benzene rings is 1. The maximum atomic E-state index is 12.1. The third-order valence-electron chi connectivity index (χ3n) is 1.86. The van der Waals surface area contributed by atoms with Crippen molar-refractivity contribution in [2.45, 2.75) is 0 Å². The van der Waals surface area contributed by atoms with Gasteiger partial charge in [-0.25, -0.2) is 0 Å². The van der Waals surface area contributed by atoms with Crippen molar-refractivity contribution >= 4 is 29.1 Å². The molecule has 88 valence electrons. The first-order chi connectivity index (χ1) is 8.04. The Bertz CT molecular complexity index is 474. The maximum absolute atomic E-state index is 12.1. The number of hydrogen-bond donors (Lipinski definition) is 0. The molecular weight excluding hydrogens is 256 g/mol. The molecule has 0 aliphatic heterocycles. The first kappa shape index (κ1) is 13.6. The van der Waals surface area contributed by atoms with Crippen LogP contribution in [0, 0.1) is 10.7 Å². The predicted octanol–water partition coefficient (Wildman–Crippen LogP) is 3.14. The van der Waals surface area contributed by atoms with Crippen molar-refractivity contribution in [2.75, 3.05) is 14.1 Å². The molecule has 0 saturated carbocycles. The minimum atomic E-state index is -0.179. The lowest BCUT2D eigenvalue weighted by Crippen LogP contribution is -2.07. The highest BCUT2D eigenvalue weighted by Gasteiger charge is 2.13. The van der Waals surface area contributed by atoms with Crippen LogP contribution in [0.25, 0.3) is 0 Å². The summed E-state index contributed by atoms with van der Waals surface area (Å²) in [6.07, 6.45) is 1.63. The van der Waals surface area contributed by atoms with Gasteiger partial charge in [-0.05, 0) is 36.0 Å². The Balaban J connectivity index is 3.01. The van der Waals surface area contributed by atoms with E-state index in [0.717, 1.165) is 11.8 Å². The number of ketones is 1. The highest BCUT2D eigenvalue weighted by Crippen LogP contribution is 2.21. The fourth-order valence-corrected chi connectivity index (χ4v) is 1.86. The molecule has 0 unspecified atom stereocenters. The van der Waals surface area contributed by atoms with Gasteiger partial charge in [-0.2, -0.15) is 5.26 Å². The summed E-state index contributed by atoms with van der Waals surface area (Å²) >= 11 is 6.60. The molecule has 0 aliphatic carbocycles. The zero-order valence-electron chi connectivity index (χ0n) is 9.48. The van der Waals surface area contributed by atoms with E-state index in [9.17, 15) is 4.79 Å². The van der Waals surface area contributed by atoms with Gasteiger partial charge in [-0.3, -0.25) is 4.79 Å². The summed E-state index contributed by atoms with van der Waals surface area (Å²) in [4.78, 5) is 14.2. The van der Waals surface area contributed by atoms with Gasteiger partial charge in [0.05, 0.1) is 4.91 Å². The van der Waals surface area contributed by atoms with Gasteiger partial charge < -0.3 is 4.90 Å². The van der Waals surface area contributed by atoms with Crippen molar-refractivity contribution in [3.05, 3.63) is 46.0 Å². The monoisotopic (exact) mass is 266 g/mol. The summed E-state index contributed by atoms with van der Waals surface area (Å²) < 4.78 is 0. The lowest BCUT2D eigenvalue weighted by atomic mass is 10.1. The van der Waals surface area contributed by atoms with Crippen LogP contribution in [-0.2, 0) is 0 Å². The van der Waals surface area contributed by atoms with Gasteiger partial charge in [0.15, 0.2) is 0 Å². The van der Waals surface area contributed by atoms with E-state index in [0.29, 0.717) is 15.5 Å². The lowest BCUT2D eigenvalue weighted by molar-refractivity contribution is 0.104. The SMILES string of the molecule is CN(C)/C=C(\SC#N)C(=O)c1ccc(Cl)cc1. The molecule has 0 radical (unpaired) electrons. The van der Waals surface area contributed by atoms with Gasteiger partial charge in [-0.1, -0.05) is 11.6 Å². The van der Waals surface area contributed by atoms with Crippen molar-refractivity contribution in [2.24, 2.45) is 0 Å². The van der Waals surface area contributed by atoms with E-state index in [4.69, 9.17) is 16.9 Å². The number of thiocyanates is 1. The largest absolute Gasteiger partial charge is 0.382 e. The molecule has 0 saturated heterocycles. The second kappa shape index (κ2) is 6.33. The van der Waals surface area contributed by atoms with Crippen molar-refractivity contribution in [1.29, 1.82) is 5.26 Å². The molecule has 5 heteroatoms. The Hall–Kier alpha value is -1.44. The molecule has 0 atom stereocenters. The lowest BCUT2D eigenvalue weighted by Gasteiger charge is -2.08. The number of nitrogens with zero attached hydrogens (tertiary/aromatic N) is 2. The van der Waals surface area contributed by atoms with Crippen LogP contribution in [0.15, 0.2) is 35.4 Å². The molecule has 1 rings (SSSR count). The Labute approximate surface area is 110 Å². The van der Waals surface area contributed by atoms with Crippen LogP contribution in [-0.4, -0.2) is 24.8 Å². The highest BCUT2D eigenvalue weighted by molar-refractivity contribution is 8.08.